The highest BCUT2D eigenvalue weighted by Gasteiger charge is 2.23. The van der Waals surface area contributed by atoms with Crippen LogP contribution < -0.4 is 9.64 Å². The maximum atomic E-state index is 11.9. The summed E-state index contributed by atoms with van der Waals surface area (Å²) in [6.45, 7) is 7.96. The van der Waals surface area contributed by atoms with Gasteiger partial charge in [0.25, 0.3) is 0 Å². The van der Waals surface area contributed by atoms with Gasteiger partial charge in [-0.2, -0.15) is 0 Å². The number of aryl methyl sites for hydroxylation is 1. The van der Waals surface area contributed by atoms with Crippen molar-refractivity contribution in [2.24, 2.45) is 0 Å². The highest BCUT2D eigenvalue weighted by molar-refractivity contribution is 5.94. The number of hydrogen-bond acceptors (Lipinski definition) is 7. The second-order valence-electron chi connectivity index (χ2n) is 7.95. The summed E-state index contributed by atoms with van der Waals surface area (Å²) in [5.74, 6) is 1.69. The number of aromatic nitrogens is 3. The van der Waals surface area contributed by atoms with Gasteiger partial charge in [0.1, 0.15) is 29.2 Å². The van der Waals surface area contributed by atoms with Crippen LogP contribution in [0.5, 0.6) is 17.4 Å². The molecule has 0 unspecified atom stereocenters. The zero-order valence-corrected chi connectivity index (χ0v) is 18.2. The summed E-state index contributed by atoms with van der Waals surface area (Å²) in [5, 5.41) is 12.7. The van der Waals surface area contributed by atoms with Crippen LogP contribution in [0.2, 0.25) is 0 Å². The van der Waals surface area contributed by atoms with Crippen molar-refractivity contribution >= 4 is 33.4 Å². The van der Waals surface area contributed by atoms with E-state index in [9.17, 15) is 9.90 Å². The number of hydrogen-bond donors (Lipinski definition) is 1. The predicted octanol–water partition coefficient (Wildman–Crippen LogP) is 3.82. The highest BCUT2D eigenvalue weighted by atomic mass is 16.5. The molecule has 1 aliphatic heterocycles. The first-order valence-corrected chi connectivity index (χ1v) is 10.7. The molecule has 33 heavy (non-hydrogen) atoms. The van der Waals surface area contributed by atoms with E-state index in [0.29, 0.717) is 43.3 Å². The van der Waals surface area contributed by atoms with Crippen molar-refractivity contribution < 1.29 is 14.6 Å². The van der Waals surface area contributed by atoms with E-state index in [4.69, 9.17) is 4.74 Å². The molecule has 0 atom stereocenters. The Morgan fingerprint density at radius 3 is 2.67 bits per heavy atom. The van der Waals surface area contributed by atoms with Crippen LogP contribution in [-0.4, -0.2) is 57.0 Å². The molecule has 4 aromatic rings. The lowest BCUT2D eigenvalue weighted by Crippen LogP contribution is -2.48. The molecule has 1 fully saturated rings. The lowest BCUT2D eigenvalue weighted by molar-refractivity contribution is -0.126. The van der Waals surface area contributed by atoms with E-state index >= 15 is 0 Å². The second-order valence-corrected chi connectivity index (χ2v) is 7.95. The topological polar surface area (TPSA) is 91.7 Å². The van der Waals surface area contributed by atoms with Crippen LogP contribution in [0.4, 0.5) is 5.82 Å². The first-order chi connectivity index (χ1) is 16.0. The zero-order chi connectivity index (χ0) is 22.9. The molecule has 8 heteroatoms. The molecule has 1 saturated heterocycles. The Hall–Kier alpha value is -4.20. The number of ether oxygens (including phenoxy) is 1. The summed E-state index contributed by atoms with van der Waals surface area (Å²) in [6, 6.07) is 12.9. The summed E-state index contributed by atoms with van der Waals surface area (Å²) >= 11 is 0. The van der Waals surface area contributed by atoms with Crippen LogP contribution in [0.1, 0.15) is 5.69 Å². The third kappa shape index (κ3) is 3.91. The Balaban J connectivity index is 1.54. The molecular weight excluding hydrogens is 418 g/mol. The maximum absolute atomic E-state index is 11.9. The largest absolute Gasteiger partial charge is 0.508 e. The molecule has 3 heterocycles. The van der Waals surface area contributed by atoms with Gasteiger partial charge in [-0.3, -0.25) is 4.79 Å². The number of anilines is 1. The van der Waals surface area contributed by atoms with Gasteiger partial charge >= 0.3 is 0 Å². The van der Waals surface area contributed by atoms with E-state index in [0.717, 1.165) is 27.7 Å². The maximum Gasteiger partial charge on any atom is 0.246 e. The number of aromatic hydroxyl groups is 1. The van der Waals surface area contributed by atoms with Gasteiger partial charge < -0.3 is 19.6 Å². The van der Waals surface area contributed by atoms with Crippen molar-refractivity contribution in [1.29, 1.82) is 0 Å². The van der Waals surface area contributed by atoms with Crippen molar-refractivity contribution in [3.05, 3.63) is 67.1 Å². The zero-order valence-electron chi connectivity index (χ0n) is 18.2. The first kappa shape index (κ1) is 20.7. The van der Waals surface area contributed by atoms with Gasteiger partial charge in [0.15, 0.2) is 0 Å². The number of nitrogens with zero attached hydrogens (tertiary/aromatic N) is 5. The number of rotatable bonds is 4. The number of carbonyl (C=O) groups is 1. The van der Waals surface area contributed by atoms with Gasteiger partial charge in [0, 0.05) is 43.3 Å². The molecule has 0 radical (unpaired) electrons. The van der Waals surface area contributed by atoms with Gasteiger partial charge in [0.2, 0.25) is 11.8 Å². The third-order valence-corrected chi connectivity index (χ3v) is 5.78. The van der Waals surface area contributed by atoms with Crippen molar-refractivity contribution in [1.82, 2.24) is 19.9 Å². The summed E-state index contributed by atoms with van der Waals surface area (Å²) in [7, 11) is 0. The lowest BCUT2D eigenvalue weighted by atomic mass is 10.1. The Bertz CT molecular complexity index is 1380. The number of phenols is 1. The fourth-order valence-electron chi connectivity index (χ4n) is 4.18. The minimum atomic E-state index is -0.0590. The van der Waals surface area contributed by atoms with E-state index in [-0.39, 0.29) is 11.7 Å². The molecule has 1 aliphatic rings. The second kappa shape index (κ2) is 8.38. The van der Waals surface area contributed by atoms with Crippen molar-refractivity contribution in [2.75, 3.05) is 31.1 Å². The van der Waals surface area contributed by atoms with Gasteiger partial charge in [-0.05, 0) is 30.5 Å². The number of phenolic OH excluding ortho intramolecular Hbond substituents is 1. The van der Waals surface area contributed by atoms with Gasteiger partial charge in [-0.15, -0.1) is 0 Å². The van der Waals surface area contributed by atoms with Gasteiger partial charge in [-0.25, -0.2) is 15.0 Å². The molecule has 1 N–H and O–H groups in total. The Labute approximate surface area is 190 Å². The quantitative estimate of drug-likeness (QED) is 0.482. The molecular formula is C25H23N5O3. The third-order valence-electron chi connectivity index (χ3n) is 5.78. The van der Waals surface area contributed by atoms with Crippen LogP contribution in [0, 0.1) is 6.92 Å². The fraction of sp³-hybridized carbons (Fsp3) is 0.200. The van der Waals surface area contributed by atoms with Crippen LogP contribution in [0.15, 0.2) is 61.4 Å². The number of piperazine rings is 1. The highest BCUT2D eigenvalue weighted by Crippen LogP contribution is 2.36. The van der Waals surface area contributed by atoms with Crippen LogP contribution in [0.3, 0.4) is 0 Å². The van der Waals surface area contributed by atoms with Crippen molar-refractivity contribution in [3.8, 4) is 17.4 Å². The minimum absolute atomic E-state index is 0.0590. The van der Waals surface area contributed by atoms with Gasteiger partial charge in [-0.1, -0.05) is 30.8 Å². The minimum Gasteiger partial charge on any atom is -0.508 e. The van der Waals surface area contributed by atoms with E-state index in [2.05, 4.69) is 26.4 Å². The predicted molar refractivity (Wildman–Crippen MR) is 127 cm³/mol. The number of pyridine rings is 1. The Morgan fingerprint density at radius 2 is 1.88 bits per heavy atom. The summed E-state index contributed by atoms with van der Waals surface area (Å²) in [6.07, 6.45) is 2.85. The van der Waals surface area contributed by atoms with Crippen molar-refractivity contribution in [2.45, 2.75) is 6.92 Å². The summed E-state index contributed by atoms with van der Waals surface area (Å²) < 4.78 is 6.23. The molecule has 2 aromatic heterocycles. The fourth-order valence-corrected chi connectivity index (χ4v) is 4.18. The van der Waals surface area contributed by atoms with E-state index in [1.165, 1.54) is 12.4 Å². The number of carbonyl (C=O) groups excluding carboxylic acids is 1. The van der Waals surface area contributed by atoms with Crippen LogP contribution in [-0.2, 0) is 4.79 Å². The average Bonchev–Trinajstić information content (AvgIpc) is 2.83. The van der Waals surface area contributed by atoms with E-state index < -0.39 is 0 Å². The first-order valence-electron chi connectivity index (χ1n) is 10.7. The molecule has 5 rings (SSSR count). The number of benzene rings is 2. The molecule has 1 amide bonds. The SMILES string of the molecule is C=CC(=O)N1CCN(c2ncnc3c(Oc4cc(O)cc5ccccc45)nc(C)cc23)CC1. The Kier molecular flexibility index (Phi) is 5.26. The molecule has 0 bridgehead atoms. The summed E-state index contributed by atoms with van der Waals surface area (Å²) in [4.78, 5) is 29.4. The standard InChI is InChI=1S/C25H23N5O3/c1-3-22(32)29-8-10-30(11-9-29)24-20-12-16(2)28-25(23(20)26-15-27-24)33-21-14-18(31)13-17-6-4-5-7-19(17)21/h3-7,12-15,31H,1,8-11H2,2H3. The molecule has 2 aromatic carbocycles. The smallest absolute Gasteiger partial charge is 0.246 e. The normalized spacial score (nSPS) is 14.0. The molecule has 0 aliphatic carbocycles. The average molecular weight is 441 g/mol. The summed E-state index contributed by atoms with van der Waals surface area (Å²) in [5.41, 5.74) is 1.35. The molecule has 8 nitrogen and oxygen atoms in total. The number of fused-ring (bicyclic) bond motifs is 2. The molecule has 166 valence electrons. The van der Waals surface area contributed by atoms with Crippen molar-refractivity contribution in [3.63, 3.8) is 0 Å². The monoisotopic (exact) mass is 441 g/mol. The Morgan fingerprint density at radius 1 is 1.09 bits per heavy atom. The van der Waals surface area contributed by atoms with E-state index in [1.807, 2.05) is 37.3 Å². The van der Waals surface area contributed by atoms with Gasteiger partial charge in [0.05, 0.1) is 5.39 Å². The van der Waals surface area contributed by atoms with Crippen LogP contribution in [0.25, 0.3) is 21.7 Å². The molecule has 0 spiro atoms. The number of amides is 1. The molecule has 0 saturated carbocycles. The van der Waals surface area contributed by atoms with Crippen LogP contribution >= 0.6 is 0 Å². The van der Waals surface area contributed by atoms with E-state index in [1.54, 1.807) is 17.0 Å². The lowest BCUT2D eigenvalue weighted by Gasteiger charge is -2.35.